The second-order valence-corrected chi connectivity index (χ2v) is 5.82. The Kier molecular flexibility index (Phi) is 7.38. The summed E-state index contributed by atoms with van der Waals surface area (Å²) in [4.78, 5) is 24.3. The zero-order valence-corrected chi connectivity index (χ0v) is 15.9. The zero-order chi connectivity index (χ0) is 20.5. The standard InChI is InChI=1S/C20H23N3O5/c1-4-28-18-11-14(5-10-17(18)24)12-21-23-19(25)13(2)22-20(26)15-6-8-16(27-3)9-7-15/h5-13,24H,4H2,1-3H3,(H,22,26)(H,23,25)/b21-12+. The van der Waals surface area contributed by atoms with E-state index in [-0.39, 0.29) is 11.7 Å². The monoisotopic (exact) mass is 385 g/mol. The number of nitrogens with one attached hydrogen (secondary N) is 2. The van der Waals surface area contributed by atoms with E-state index in [0.29, 0.717) is 29.2 Å². The Morgan fingerprint density at radius 2 is 1.93 bits per heavy atom. The Morgan fingerprint density at radius 3 is 2.57 bits per heavy atom. The van der Waals surface area contributed by atoms with Crippen LogP contribution in [0, 0.1) is 0 Å². The van der Waals surface area contributed by atoms with Crippen LogP contribution < -0.4 is 20.2 Å². The molecule has 2 rings (SSSR count). The van der Waals surface area contributed by atoms with E-state index in [2.05, 4.69) is 15.8 Å². The van der Waals surface area contributed by atoms with E-state index in [0.717, 1.165) is 0 Å². The maximum absolute atomic E-state index is 12.2. The topological polar surface area (TPSA) is 109 Å². The van der Waals surface area contributed by atoms with Crippen molar-refractivity contribution >= 4 is 18.0 Å². The van der Waals surface area contributed by atoms with Gasteiger partial charge in [0.2, 0.25) is 0 Å². The number of methoxy groups -OCH3 is 1. The molecule has 148 valence electrons. The number of rotatable bonds is 8. The lowest BCUT2D eigenvalue weighted by Crippen LogP contribution is -2.43. The summed E-state index contributed by atoms with van der Waals surface area (Å²) in [6, 6.07) is 10.5. The molecule has 0 spiro atoms. The third-order valence-corrected chi connectivity index (χ3v) is 3.77. The molecule has 8 nitrogen and oxygen atoms in total. The number of aromatic hydroxyl groups is 1. The van der Waals surface area contributed by atoms with Crippen LogP contribution in [-0.2, 0) is 4.79 Å². The molecule has 0 heterocycles. The summed E-state index contributed by atoms with van der Waals surface area (Å²) in [5.74, 6) is 0.144. The van der Waals surface area contributed by atoms with Gasteiger partial charge in [-0.05, 0) is 61.9 Å². The number of phenols is 1. The molecule has 0 radical (unpaired) electrons. The van der Waals surface area contributed by atoms with Crippen molar-refractivity contribution < 1.29 is 24.2 Å². The Balaban J connectivity index is 1.90. The van der Waals surface area contributed by atoms with Crippen molar-refractivity contribution in [1.29, 1.82) is 0 Å². The highest BCUT2D eigenvalue weighted by atomic mass is 16.5. The van der Waals surface area contributed by atoms with E-state index >= 15 is 0 Å². The Bertz CT molecular complexity index is 849. The van der Waals surface area contributed by atoms with Crippen molar-refractivity contribution in [2.45, 2.75) is 19.9 Å². The molecular weight excluding hydrogens is 362 g/mol. The number of nitrogens with zero attached hydrogens (tertiary/aromatic N) is 1. The Morgan fingerprint density at radius 1 is 1.21 bits per heavy atom. The summed E-state index contributed by atoms with van der Waals surface area (Å²) in [7, 11) is 1.54. The average Bonchev–Trinajstić information content (AvgIpc) is 2.70. The van der Waals surface area contributed by atoms with Crippen LogP contribution in [0.15, 0.2) is 47.6 Å². The molecule has 8 heteroatoms. The van der Waals surface area contributed by atoms with Crippen LogP contribution in [0.4, 0.5) is 0 Å². The third kappa shape index (κ3) is 5.73. The summed E-state index contributed by atoms with van der Waals surface area (Å²) >= 11 is 0. The van der Waals surface area contributed by atoms with Crippen LogP contribution in [-0.4, -0.2) is 42.9 Å². The molecule has 0 aliphatic rings. The molecule has 2 aromatic rings. The van der Waals surface area contributed by atoms with Gasteiger partial charge in [0.1, 0.15) is 11.8 Å². The lowest BCUT2D eigenvalue weighted by atomic mass is 10.2. The van der Waals surface area contributed by atoms with E-state index < -0.39 is 11.9 Å². The van der Waals surface area contributed by atoms with Gasteiger partial charge in [-0.25, -0.2) is 5.43 Å². The first kappa shape index (κ1) is 20.8. The smallest absolute Gasteiger partial charge is 0.262 e. The molecule has 0 bridgehead atoms. The van der Waals surface area contributed by atoms with E-state index in [1.807, 2.05) is 6.92 Å². The Hall–Kier alpha value is -3.55. The second-order valence-electron chi connectivity index (χ2n) is 5.82. The number of amides is 2. The van der Waals surface area contributed by atoms with Gasteiger partial charge in [0.05, 0.1) is 19.9 Å². The van der Waals surface area contributed by atoms with Crippen molar-refractivity contribution in [2.24, 2.45) is 5.10 Å². The lowest BCUT2D eigenvalue weighted by molar-refractivity contribution is -0.122. The van der Waals surface area contributed by atoms with Crippen LogP contribution >= 0.6 is 0 Å². The van der Waals surface area contributed by atoms with Crippen LogP contribution in [0.25, 0.3) is 0 Å². The molecule has 3 N–H and O–H groups in total. The van der Waals surface area contributed by atoms with Crippen molar-refractivity contribution in [1.82, 2.24) is 10.7 Å². The number of carbonyl (C=O) groups is 2. The van der Waals surface area contributed by atoms with Gasteiger partial charge in [-0.2, -0.15) is 5.10 Å². The van der Waals surface area contributed by atoms with Crippen LogP contribution in [0.2, 0.25) is 0 Å². The first-order valence-corrected chi connectivity index (χ1v) is 8.68. The molecule has 2 aromatic carbocycles. The van der Waals surface area contributed by atoms with Gasteiger partial charge in [-0.15, -0.1) is 0 Å². The van der Waals surface area contributed by atoms with Gasteiger partial charge >= 0.3 is 0 Å². The van der Waals surface area contributed by atoms with Gasteiger partial charge in [-0.1, -0.05) is 0 Å². The molecular formula is C20H23N3O5. The lowest BCUT2D eigenvalue weighted by Gasteiger charge is -2.12. The SMILES string of the molecule is CCOc1cc(/C=N/NC(=O)C(C)NC(=O)c2ccc(OC)cc2)ccc1O. The molecule has 28 heavy (non-hydrogen) atoms. The number of hydrazone groups is 1. The largest absolute Gasteiger partial charge is 0.504 e. The zero-order valence-electron chi connectivity index (χ0n) is 15.9. The number of carbonyl (C=O) groups excluding carboxylic acids is 2. The summed E-state index contributed by atoms with van der Waals surface area (Å²) in [6.45, 7) is 3.78. The van der Waals surface area contributed by atoms with E-state index in [9.17, 15) is 14.7 Å². The van der Waals surface area contributed by atoms with Gasteiger partial charge in [0, 0.05) is 5.56 Å². The van der Waals surface area contributed by atoms with Crippen molar-refractivity contribution in [3.05, 3.63) is 53.6 Å². The summed E-state index contributed by atoms with van der Waals surface area (Å²) in [6.07, 6.45) is 1.41. The average molecular weight is 385 g/mol. The van der Waals surface area contributed by atoms with E-state index in [4.69, 9.17) is 9.47 Å². The maximum Gasteiger partial charge on any atom is 0.262 e. The number of benzene rings is 2. The van der Waals surface area contributed by atoms with Crippen molar-refractivity contribution in [3.8, 4) is 17.2 Å². The molecule has 0 saturated heterocycles. The van der Waals surface area contributed by atoms with Gasteiger partial charge in [-0.3, -0.25) is 9.59 Å². The maximum atomic E-state index is 12.2. The molecule has 0 aliphatic heterocycles. The van der Waals surface area contributed by atoms with Gasteiger partial charge in [0.15, 0.2) is 11.5 Å². The molecule has 1 atom stereocenters. The van der Waals surface area contributed by atoms with E-state index in [1.165, 1.54) is 19.4 Å². The molecule has 1 unspecified atom stereocenters. The predicted octanol–water partition coefficient (Wildman–Crippen LogP) is 2.07. The summed E-state index contributed by atoms with van der Waals surface area (Å²) in [5, 5.41) is 16.1. The number of hydrogen-bond donors (Lipinski definition) is 3. The number of phenolic OH excluding ortho intramolecular Hbond substituents is 1. The van der Waals surface area contributed by atoms with Gasteiger partial charge < -0.3 is 19.9 Å². The fraction of sp³-hybridized carbons (Fsp3) is 0.250. The fourth-order valence-corrected chi connectivity index (χ4v) is 2.24. The van der Waals surface area contributed by atoms with Crippen LogP contribution in [0.1, 0.15) is 29.8 Å². The van der Waals surface area contributed by atoms with E-state index in [1.54, 1.807) is 43.3 Å². The third-order valence-electron chi connectivity index (χ3n) is 3.77. The predicted molar refractivity (Wildman–Crippen MR) is 105 cm³/mol. The summed E-state index contributed by atoms with van der Waals surface area (Å²) < 4.78 is 10.3. The first-order chi connectivity index (χ1) is 13.4. The number of ether oxygens (including phenoxy) is 2. The van der Waals surface area contributed by atoms with Crippen molar-refractivity contribution in [3.63, 3.8) is 0 Å². The quantitative estimate of drug-likeness (QED) is 0.476. The Labute approximate surface area is 163 Å². The molecule has 2 amide bonds. The normalized spacial score (nSPS) is 11.7. The highest BCUT2D eigenvalue weighted by Crippen LogP contribution is 2.26. The fourth-order valence-electron chi connectivity index (χ4n) is 2.24. The molecule has 0 fully saturated rings. The molecule has 0 aromatic heterocycles. The summed E-state index contributed by atoms with van der Waals surface area (Å²) in [5.41, 5.74) is 3.41. The van der Waals surface area contributed by atoms with Crippen LogP contribution in [0.3, 0.4) is 0 Å². The van der Waals surface area contributed by atoms with Crippen molar-refractivity contribution in [2.75, 3.05) is 13.7 Å². The highest BCUT2D eigenvalue weighted by Gasteiger charge is 2.16. The minimum atomic E-state index is -0.787. The van der Waals surface area contributed by atoms with Gasteiger partial charge in [0.25, 0.3) is 11.8 Å². The molecule has 0 aliphatic carbocycles. The first-order valence-electron chi connectivity index (χ1n) is 8.68. The number of hydrogen-bond acceptors (Lipinski definition) is 6. The second kappa shape index (κ2) is 9.96. The molecule has 0 saturated carbocycles. The minimum Gasteiger partial charge on any atom is -0.504 e. The highest BCUT2D eigenvalue weighted by molar-refractivity contribution is 5.97. The minimum absolute atomic E-state index is 0.0258. The van der Waals surface area contributed by atoms with Crippen LogP contribution in [0.5, 0.6) is 17.2 Å².